The number of fused-ring (bicyclic) bond motifs is 2. The zero-order chi connectivity index (χ0) is 31.8. The van der Waals surface area contributed by atoms with Gasteiger partial charge in [0.25, 0.3) is 5.92 Å². The van der Waals surface area contributed by atoms with Crippen molar-refractivity contribution in [3.63, 3.8) is 0 Å². The molecule has 3 aromatic rings. The molecule has 3 heterocycles. The Kier molecular flexibility index (Phi) is 9.55. The van der Waals surface area contributed by atoms with E-state index in [1.54, 1.807) is 12.1 Å². The van der Waals surface area contributed by atoms with E-state index < -0.39 is 33.5 Å². The molecule has 2 aliphatic heterocycles. The third kappa shape index (κ3) is 7.07. The fraction of sp³-hybridized carbons (Fsp3) is 0.485. The summed E-state index contributed by atoms with van der Waals surface area (Å²) in [6.45, 7) is 0.549. The Morgan fingerprint density at radius 3 is 2.22 bits per heavy atom. The van der Waals surface area contributed by atoms with E-state index >= 15 is 8.78 Å². The van der Waals surface area contributed by atoms with E-state index in [-0.39, 0.29) is 23.0 Å². The third-order valence-corrected chi connectivity index (χ3v) is 12.1. The van der Waals surface area contributed by atoms with E-state index in [0.717, 1.165) is 17.7 Å². The molecule has 0 radical (unpaired) electrons. The van der Waals surface area contributed by atoms with Gasteiger partial charge in [-0.25, -0.2) is 8.42 Å². The Balaban J connectivity index is 1.26. The Labute approximate surface area is 272 Å². The lowest BCUT2D eigenvalue weighted by Crippen LogP contribution is -2.60. The van der Waals surface area contributed by atoms with Gasteiger partial charge in [-0.15, -0.1) is 11.3 Å². The maximum absolute atomic E-state index is 16.5. The second-order valence-corrected chi connectivity index (χ2v) is 15.9. The molecule has 3 aliphatic rings. The smallest absolute Gasteiger partial charge is 0.298 e. The first-order valence-corrected chi connectivity index (χ1v) is 18.3. The standard InChI is InChI=1S/C33H38ClF2N3O4S2/c34-30-17-16-29(44-30)22-6-8-23(9-7-22)33(35,36)31(32(40)39-25-10-11-26(39)19-24(37)18-25)38-45(41,42)28-14-12-27(13-15-28)43-20-21-4-2-1-3-5-21/h6-9,12-17,21,24-26,31,38H,1-5,10-11,18-20,37H2/t24?,25?,26?,31-/m1/s1. The molecule has 242 valence electrons. The van der Waals surface area contributed by atoms with E-state index in [0.29, 0.717) is 53.9 Å². The highest BCUT2D eigenvalue weighted by molar-refractivity contribution is 7.89. The van der Waals surface area contributed by atoms with Crippen molar-refractivity contribution >= 4 is 38.9 Å². The van der Waals surface area contributed by atoms with E-state index in [9.17, 15) is 13.2 Å². The van der Waals surface area contributed by atoms with Gasteiger partial charge in [-0.1, -0.05) is 55.1 Å². The van der Waals surface area contributed by atoms with E-state index in [1.807, 2.05) is 0 Å². The first-order valence-electron chi connectivity index (χ1n) is 15.6. The summed E-state index contributed by atoms with van der Waals surface area (Å²) in [5, 5.41) is 0. The highest BCUT2D eigenvalue weighted by atomic mass is 35.5. The number of piperidine rings is 1. The summed E-state index contributed by atoms with van der Waals surface area (Å²) in [6, 6.07) is 11.6. The number of nitrogens with zero attached hydrogens (tertiary/aromatic N) is 1. The number of alkyl halides is 2. The molecule has 6 rings (SSSR count). The van der Waals surface area contributed by atoms with Crippen molar-refractivity contribution in [3.05, 3.63) is 70.6 Å². The number of ether oxygens (including phenoxy) is 1. The van der Waals surface area contributed by atoms with Crippen molar-refractivity contribution in [3.8, 4) is 16.2 Å². The van der Waals surface area contributed by atoms with Gasteiger partial charge < -0.3 is 15.4 Å². The minimum Gasteiger partial charge on any atom is -0.493 e. The Morgan fingerprint density at radius 1 is 0.978 bits per heavy atom. The van der Waals surface area contributed by atoms with E-state index in [2.05, 4.69) is 4.72 Å². The average molecular weight is 678 g/mol. The van der Waals surface area contributed by atoms with Crippen molar-refractivity contribution in [2.45, 2.75) is 92.8 Å². The second kappa shape index (κ2) is 13.3. The predicted molar refractivity (Wildman–Crippen MR) is 172 cm³/mol. The largest absolute Gasteiger partial charge is 0.493 e. The Hall–Kier alpha value is -2.57. The number of benzene rings is 2. The van der Waals surface area contributed by atoms with Crippen LogP contribution in [0.5, 0.6) is 5.75 Å². The number of nitrogens with two attached hydrogens (primary N) is 1. The van der Waals surface area contributed by atoms with Crippen molar-refractivity contribution in [1.82, 2.24) is 9.62 Å². The van der Waals surface area contributed by atoms with Crippen molar-refractivity contribution in [1.29, 1.82) is 0 Å². The molecule has 12 heteroatoms. The fourth-order valence-corrected chi connectivity index (χ4v) is 9.24. The number of rotatable bonds is 10. The van der Waals surface area contributed by atoms with Gasteiger partial charge in [0.2, 0.25) is 15.9 Å². The molecule has 1 aliphatic carbocycles. The molecule has 3 N–H and O–H groups in total. The molecule has 2 aromatic carbocycles. The maximum Gasteiger partial charge on any atom is 0.298 e. The number of halogens is 3. The normalized spacial score (nSPS) is 23.2. The summed E-state index contributed by atoms with van der Waals surface area (Å²) >= 11 is 7.36. The molecule has 3 fully saturated rings. The highest BCUT2D eigenvalue weighted by Crippen LogP contribution is 2.41. The van der Waals surface area contributed by atoms with Crippen LogP contribution in [0.3, 0.4) is 0 Å². The zero-order valence-corrected chi connectivity index (χ0v) is 27.2. The molecule has 0 spiro atoms. The number of hydrogen-bond acceptors (Lipinski definition) is 6. The number of sulfonamides is 1. The molecule has 2 unspecified atom stereocenters. The van der Waals surface area contributed by atoms with Gasteiger partial charge >= 0.3 is 0 Å². The third-order valence-electron chi connectivity index (χ3n) is 9.38. The number of nitrogens with one attached hydrogen (secondary N) is 1. The number of hydrogen-bond donors (Lipinski definition) is 2. The monoisotopic (exact) mass is 677 g/mol. The number of amides is 1. The predicted octanol–water partition coefficient (Wildman–Crippen LogP) is 6.95. The van der Waals surface area contributed by atoms with Crippen LogP contribution in [0.25, 0.3) is 10.4 Å². The van der Waals surface area contributed by atoms with Gasteiger partial charge in [-0.2, -0.15) is 13.5 Å². The molecular weight excluding hydrogens is 640 g/mol. The van der Waals surface area contributed by atoms with Gasteiger partial charge in [0.15, 0.2) is 6.04 Å². The Morgan fingerprint density at radius 2 is 1.62 bits per heavy atom. The van der Waals surface area contributed by atoms with Gasteiger partial charge in [-0.05, 0) is 86.4 Å². The first kappa shape index (κ1) is 32.4. The van der Waals surface area contributed by atoms with Crippen LogP contribution >= 0.6 is 22.9 Å². The summed E-state index contributed by atoms with van der Waals surface area (Å²) < 4.78 is 68.7. The number of thiophene rings is 1. The van der Waals surface area contributed by atoms with Crippen LogP contribution in [0, 0.1) is 5.92 Å². The lowest BCUT2D eigenvalue weighted by Gasteiger charge is -2.41. The van der Waals surface area contributed by atoms with Crippen LogP contribution < -0.4 is 15.2 Å². The summed E-state index contributed by atoms with van der Waals surface area (Å²) in [6.07, 6.45) is 8.10. The Bertz CT molecular complexity index is 1580. The first-order chi connectivity index (χ1) is 21.5. The molecule has 2 saturated heterocycles. The van der Waals surface area contributed by atoms with Gasteiger partial charge in [-0.3, -0.25) is 4.79 Å². The van der Waals surface area contributed by atoms with Crippen LogP contribution in [0.4, 0.5) is 8.78 Å². The summed E-state index contributed by atoms with van der Waals surface area (Å²) in [7, 11) is -4.53. The van der Waals surface area contributed by atoms with Gasteiger partial charge in [0, 0.05) is 28.6 Å². The van der Waals surface area contributed by atoms with Crippen LogP contribution in [0.2, 0.25) is 4.34 Å². The average Bonchev–Trinajstić information content (AvgIpc) is 3.59. The van der Waals surface area contributed by atoms with Gasteiger partial charge in [0.1, 0.15) is 5.75 Å². The summed E-state index contributed by atoms with van der Waals surface area (Å²) in [5.41, 5.74) is 6.39. The highest BCUT2D eigenvalue weighted by Gasteiger charge is 2.53. The molecule has 1 saturated carbocycles. The molecule has 1 amide bonds. The van der Waals surface area contributed by atoms with Crippen LogP contribution in [-0.4, -0.2) is 50.0 Å². The summed E-state index contributed by atoms with van der Waals surface area (Å²) in [5.74, 6) is -3.83. The van der Waals surface area contributed by atoms with Gasteiger partial charge in [0.05, 0.1) is 15.8 Å². The zero-order valence-electron chi connectivity index (χ0n) is 24.8. The van der Waals surface area contributed by atoms with Crippen molar-refractivity contribution in [2.75, 3.05) is 6.61 Å². The number of carbonyl (C=O) groups excluding carboxylic acids is 1. The van der Waals surface area contributed by atoms with Crippen molar-refractivity contribution in [2.24, 2.45) is 11.7 Å². The van der Waals surface area contributed by atoms with Crippen LogP contribution in [0.1, 0.15) is 63.4 Å². The topological polar surface area (TPSA) is 102 Å². The van der Waals surface area contributed by atoms with E-state index in [4.69, 9.17) is 22.1 Å². The minimum atomic E-state index is -4.53. The quantitative estimate of drug-likeness (QED) is 0.242. The number of carbonyl (C=O) groups is 1. The molecule has 3 atom stereocenters. The molecule has 45 heavy (non-hydrogen) atoms. The van der Waals surface area contributed by atoms with Crippen molar-refractivity contribution < 1.29 is 26.7 Å². The van der Waals surface area contributed by atoms with Crippen LogP contribution in [0.15, 0.2) is 65.6 Å². The molecule has 7 nitrogen and oxygen atoms in total. The SMILES string of the molecule is NC1CC2CCC(C1)N2C(=O)[C@@H](NS(=O)(=O)c1ccc(OCC2CCCCC2)cc1)C(F)(F)c1ccc(-c2ccc(Cl)s2)cc1. The fourth-order valence-electron chi connectivity index (χ4n) is 7.01. The second-order valence-electron chi connectivity index (χ2n) is 12.5. The lowest BCUT2D eigenvalue weighted by molar-refractivity contribution is -0.149. The molecule has 2 bridgehead atoms. The molecule has 1 aromatic heterocycles. The lowest BCUT2D eigenvalue weighted by atomic mass is 9.90. The maximum atomic E-state index is 16.5. The summed E-state index contributed by atoms with van der Waals surface area (Å²) in [4.78, 5) is 16.0. The van der Waals surface area contributed by atoms with Crippen LogP contribution in [-0.2, 0) is 20.7 Å². The van der Waals surface area contributed by atoms with E-state index in [1.165, 1.54) is 84.0 Å². The minimum absolute atomic E-state index is 0.126. The molecular formula is C33H38ClF2N3O4S2.